The van der Waals surface area contributed by atoms with Crippen LogP contribution in [0.3, 0.4) is 0 Å². The Morgan fingerprint density at radius 3 is 2.53 bits per heavy atom. The van der Waals surface area contributed by atoms with Crippen molar-refractivity contribution < 1.29 is 4.79 Å². The molecule has 4 heteroatoms. The fourth-order valence-electron chi connectivity index (χ4n) is 1.39. The van der Waals surface area contributed by atoms with E-state index < -0.39 is 11.9 Å². The minimum Gasteiger partial charge on any atom is -0.368 e. The van der Waals surface area contributed by atoms with Crippen molar-refractivity contribution in [2.45, 2.75) is 12.6 Å². The fourth-order valence-corrected chi connectivity index (χ4v) is 1.39. The van der Waals surface area contributed by atoms with E-state index in [-0.39, 0.29) is 0 Å². The summed E-state index contributed by atoms with van der Waals surface area (Å²) in [4.78, 5) is 12.7. The molecule has 0 saturated carbocycles. The number of likely N-dealkylation sites (N-methyl/N-ethyl adjacent to an activating group) is 1. The Kier molecular flexibility index (Phi) is 4.27. The number of hydrogen-bond acceptors (Lipinski definition) is 3. The van der Waals surface area contributed by atoms with Crippen LogP contribution in [0.1, 0.15) is 5.56 Å². The van der Waals surface area contributed by atoms with E-state index in [1.165, 1.54) is 5.56 Å². The van der Waals surface area contributed by atoms with Gasteiger partial charge in [0.15, 0.2) is 0 Å². The predicted octanol–water partition coefficient (Wildman–Crippen LogP) is -0.0690. The summed E-state index contributed by atoms with van der Waals surface area (Å²) in [7, 11) is 1.91. The highest BCUT2D eigenvalue weighted by Gasteiger charge is 2.11. The molecule has 0 aliphatic carbocycles. The molecule has 0 aliphatic rings. The van der Waals surface area contributed by atoms with Crippen LogP contribution in [0, 0.1) is 0 Å². The maximum absolute atomic E-state index is 10.8. The number of nitrogens with two attached hydrogens (primary N) is 2. The molecule has 0 saturated heterocycles. The molecule has 1 amide bonds. The van der Waals surface area contributed by atoms with Crippen molar-refractivity contribution in [1.82, 2.24) is 4.90 Å². The number of nitrogens with zero attached hydrogens (tertiary/aromatic N) is 1. The SMILES string of the molecule is CN(Cc1ccccc1)CC(N)C(N)=O. The van der Waals surface area contributed by atoms with Gasteiger partial charge >= 0.3 is 0 Å². The Balaban J connectivity index is 2.43. The molecule has 0 radical (unpaired) electrons. The lowest BCUT2D eigenvalue weighted by Crippen LogP contribution is -2.44. The third-order valence-corrected chi connectivity index (χ3v) is 2.17. The molecule has 1 rings (SSSR count). The van der Waals surface area contributed by atoms with Crippen LogP contribution in [0.2, 0.25) is 0 Å². The highest BCUT2D eigenvalue weighted by Crippen LogP contribution is 2.02. The van der Waals surface area contributed by atoms with E-state index in [1.807, 2.05) is 42.3 Å². The van der Waals surface area contributed by atoms with Gasteiger partial charge in [-0.25, -0.2) is 0 Å². The molecule has 0 heterocycles. The first-order chi connectivity index (χ1) is 7.09. The van der Waals surface area contributed by atoms with Gasteiger partial charge in [-0.1, -0.05) is 30.3 Å². The Bertz CT molecular complexity index is 313. The van der Waals surface area contributed by atoms with E-state index >= 15 is 0 Å². The van der Waals surface area contributed by atoms with Crippen molar-refractivity contribution in [2.75, 3.05) is 13.6 Å². The van der Waals surface area contributed by atoms with Crippen molar-refractivity contribution in [2.24, 2.45) is 11.5 Å². The van der Waals surface area contributed by atoms with Gasteiger partial charge in [-0.15, -0.1) is 0 Å². The van der Waals surface area contributed by atoms with Gasteiger partial charge in [0.05, 0.1) is 6.04 Å². The number of rotatable bonds is 5. The number of amides is 1. The highest BCUT2D eigenvalue weighted by molar-refractivity contribution is 5.79. The van der Waals surface area contributed by atoms with Crippen LogP contribution in [0.25, 0.3) is 0 Å². The number of carbonyl (C=O) groups is 1. The van der Waals surface area contributed by atoms with E-state index in [1.54, 1.807) is 0 Å². The summed E-state index contributed by atoms with van der Waals surface area (Å²) in [6.45, 7) is 1.24. The van der Waals surface area contributed by atoms with Crippen molar-refractivity contribution in [3.63, 3.8) is 0 Å². The van der Waals surface area contributed by atoms with Gasteiger partial charge in [-0.3, -0.25) is 4.79 Å². The van der Waals surface area contributed by atoms with E-state index in [0.717, 1.165) is 6.54 Å². The molecule has 4 nitrogen and oxygen atoms in total. The highest BCUT2D eigenvalue weighted by atomic mass is 16.1. The zero-order chi connectivity index (χ0) is 11.3. The first-order valence-corrected chi connectivity index (χ1v) is 4.87. The van der Waals surface area contributed by atoms with Crippen LogP contribution in [0.15, 0.2) is 30.3 Å². The summed E-state index contributed by atoms with van der Waals surface area (Å²) in [6.07, 6.45) is 0. The van der Waals surface area contributed by atoms with Crippen molar-refractivity contribution >= 4 is 5.91 Å². The molecule has 1 atom stereocenters. The molecule has 1 aromatic rings. The summed E-state index contributed by atoms with van der Waals surface area (Å²) in [5.41, 5.74) is 11.8. The second-order valence-corrected chi connectivity index (χ2v) is 3.69. The lowest BCUT2D eigenvalue weighted by Gasteiger charge is -2.19. The van der Waals surface area contributed by atoms with Crippen molar-refractivity contribution in [3.8, 4) is 0 Å². The zero-order valence-corrected chi connectivity index (χ0v) is 8.89. The van der Waals surface area contributed by atoms with Gasteiger partial charge in [0.1, 0.15) is 0 Å². The second kappa shape index (κ2) is 5.48. The van der Waals surface area contributed by atoms with Gasteiger partial charge in [0.2, 0.25) is 5.91 Å². The smallest absolute Gasteiger partial charge is 0.235 e. The number of benzene rings is 1. The van der Waals surface area contributed by atoms with Crippen LogP contribution in [-0.2, 0) is 11.3 Å². The van der Waals surface area contributed by atoms with Crippen LogP contribution in [0.5, 0.6) is 0 Å². The largest absolute Gasteiger partial charge is 0.368 e. The molecule has 0 aliphatic heterocycles. The first kappa shape index (κ1) is 11.7. The zero-order valence-electron chi connectivity index (χ0n) is 8.89. The molecule has 0 spiro atoms. The summed E-state index contributed by atoms with van der Waals surface area (Å²) >= 11 is 0. The van der Waals surface area contributed by atoms with Gasteiger partial charge in [-0.2, -0.15) is 0 Å². The third kappa shape index (κ3) is 4.10. The summed E-state index contributed by atoms with van der Waals surface area (Å²) < 4.78 is 0. The quantitative estimate of drug-likeness (QED) is 0.710. The Hall–Kier alpha value is -1.39. The first-order valence-electron chi connectivity index (χ1n) is 4.87. The number of primary amides is 1. The summed E-state index contributed by atoms with van der Waals surface area (Å²) in [5.74, 6) is -0.463. The van der Waals surface area contributed by atoms with Crippen molar-refractivity contribution in [3.05, 3.63) is 35.9 Å². The predicted molar refractivity (Wildman–Crippen MR) is 59.9 cm³/mol. The molecule has 0 fully saturated rings. The second-order valence-electron chi connectivity index (χ2n) is 3.69. The van der Waals surface area contributed by atoms with E-state index in [0.29, 0.717) is 6.54 Å². The number of carbonyl (C=O) groups excluding carboxylic acids is 1. The van der Waals surface area contributed by atoms with Crippen LogP contribution >= 0.6 is 0 Å². The van der Waals surface area contributed by atoms with Gasteiger partial charge in [0, 0.05) is 13.1 Å². The molecular weight excluding hydrogens is 190 g/mol. The maximum Gasteiger partial charge on any atom is 0.235 e. The van der Waals surface area contributed by atoms with E-state index in [2.05, 4.69) is 0 Å². The topological polar surface area (TPSA) is 72.3 Å². The lowest BCUT2D eigenvalue weighted by atomic mass is 10.2. The molecule has 82 valence electrons. The lowest BCUT2D eigenvalue weighted by molar-refractivity contribution is -0.119. The molecule has 15 heavy (non-hydrogen) atoms. The average Bonchev–Trinajstić information content (AvgIpc) is 2.18. The van der Waals surface area contributed by atoms with Crippen LogP contribution < -0.4 is 11.5 Å². The molecule has 1 aromatic carbocycles. The minimum atomic E-state index is -0.598. The molecule has 0 bridgehead atoms. The van der Waals surface area contributed by atoms with Gasteiger partial charge in [-0.05, 0) is 12.6 Å². The molecule has 0 aromatic heterocycles. The van der Waals surface area contributed by atoms with E-state index in [9.17, 15) is 4.79 Å². The average molecular weight is 207 g/mol. The van der Waals surface area contributed by atoms with Gasteiger partial charge < -0.3 is 16.4 Å². The molecular formula is C11H17N3O. The summed E-state index contributed by atoms with van der Waals surface area (Å²) in [5, 5.41) is 0. The van der Waals surface area contributed by atoms with E-state index in [4.69, 9.17) is 11.5 Å². The fraction of sp³-hybridized carbons (Fsp3) is 0.364. The Morgan fingerprint density at radius 2 is 2.00 bits per heavy atom. The standard InChI is InChI=1S/C11H17N3O/c1-14(8-10(12)11(13)15)7-9-5-3-2-4-6-9/h2-6,10H,7-8,12H2,1H3,(H2,13,15). The Morgan fingerprint density at radius 1 is 1.40 bits per heavy atom. The molecule has 1 unspecified atom stereocenters. The minimum absolute atomic E-state index is 0.463. The maximum atomic E-state index is 10.8. The normalized spacial score (nSPS) is 12.7. The molecule has 4 N–H and O–H groups in total. The van der Waals surface area contributed by atoms with Crippen LogP contribution in [-0.4, -0.2) is 30.4 Å². The summed E-state index contributed by atoms with van der Waals surface area (Å²) in [6, 6.07) is 9.41. The van der Waals surface area contributed by atoms with Crippen LogP contribution in [0.4, 0.5) is 0 Å². The van der Waals surface area contributed by atoms with Crippen molar-refractivity contribution in [1.29, 1.82) is 0 Å². The number of hydrogen-bond donors (Lipinski definition) is 2. The Labute approximate surface area is 89.9 Å². The monoisotopic (exact) mass is 207 g/mol. The third-order valence-electron chi connectivity index (χ3n) is 2.17. The van der Waals surface area contributed by atoms with Gasteiger partial charge in [0.25, 0.3) is 0 Å².